The second-order valence-corrected chi connectivity index (χ2v) is 7.75. The van der Waals surface area contributed by atoms with Crippen molar-refractivity contribution in [2.24, 2.45) is 5.41 Å². The highest BCUT2D eigenvalue weighted by atomic mass is 16.3. The second kappa shape index (κ2) is 6.88. The highest BCUT2D eigenvalue weighted by Gasteiger charge is 2.41. The van der Waals surface area contributed by atoms with Crippen LogP contribution in [0.2, 0.25) is 0 Å². The van der Waals surface area contributed by atoms with Crippen molar-refractivity contribution in [3.63, 3.8) is 0 Å². The molecule has 2 aromatic rings. The molecule has 0 bridgehead atoms. The Balaban J connectivity index is 1.66. The Hall–Kier alpha value is -2.14. The van der Waals surface area contributed by atoms with Crippen molar-refractivity contribution in [1.82, 2.24) is 9.88 Å². The van der Waals surface area contributed by atoms with Crippen molar-refractivity contribution in [3.05, 3.63) is 35.9 Å². The summed E-state index contributed by atoms with van der Waals surface area (Å²) in [7, 11) is 0. The van der Waals surface area contributed by atoms with Gasteiger partial charge in [0, 0.05) is 49.0 Å². The number of fused-ring (bicyclic) bond motifs is 1. The number of hydrogen-bond acceptors (Lipinski definition) is 4. The van der Waals surface area contributed by atoms with Crippen LogP contribution < -0.4 is 4.90 Å². The quantitative estimate of drug-likeness (QED) is 0.922. The van der Waals surface area contributed by atoms with Crippen LogP contribution in [0.1, 0.15) is 38.2 Å². The van der Waals surface area contributed by atoms with Crippen LogP contribution in [0.25, 0.3) is 10.9 Å². The van der Waals surface area contributed by atoms with E-state index < -0.39 is 0 Å². The third kappa shape index (κ3) is 3.05. The molecule has 3 heterocycles. The van der Waals surface area contributed by atoms with E-state index in [4.69, 9.17) is 4.98 Å². The summed E-state index contributed by atoms with van der Waals surface area (Å²) in [6.45, 7) is 5.56. The van der Waals surface area contributed by atoms with E-state index in [9.17, 15) is 9.90 Å². The van der Waals surface area contributed by atoms with Gasteiger partial charge in [-0.05, 0) is 38.3 Å². The van der Waals surface area contributed by atoms with Crippen molar-refractivity contribution >= 4 is 22.6 Å². The minimum absolute atomic E-state index is 0.00373. The molecule has 1 unspecified atom stereocenters. The van der Waals surface area contributed by atoms with Crippen LogP contribution in [0.5, 0.6) is 0 Å². The molecule has 5 nitrogen and oxygen atoms in total. The van der Waals surface area contributed by atoms with Gasteiger partial charge in [0.25, 0.3) is 0 Å². The molecule has 1 amide bonds. The average molecular weight is 353 g/mol. The molecule has 2 aliphatic heterocycles. The van der Waals surface area contributed by atoms with Gasteiger partial charge in [-0.3, -0.25) is 4.79 Å². The lowest BCUT2D eigenvalue weighted by Gasteiger charge is -2.48. The molecule has 2 fully saturated rings. The number of likely N-dealkylation sites (tertiary alicyclic amines) is 1. The predicted molar refractivity (Wildman–Crippen MR) is 103 cm³/mol. The Morgan fingerprint density at radius 2 is 2.08 bits per heavy atom. The van der Waals surface area contributed by atoms with Gasteiger partial charge in [0.05, 0.1) is 12.1 Å². The average Bonchev–Trinajstić information content (AvgIpc) is 2.69. The molecule has 1 aromatic heterocycles. The Morgan fingerprint density at radius 3 is 2.88 bits per heavy atom. The molecule has 0 aliphatic carbocycles. The van der Waals surface area contributed by atoms with Crippen LogP contribution >= 0.6 is 0 Å². The van der Waals surface area contributed by atoms with Crippen molar-refractivity contribution in [1.29, 1.82) is 0 Å². The number of aliphatic hydroxyl groups excluding tert-OH is 1. The number of aliphatic hydroxyl groups is 1. The van der Waals surface area contributed by atoms with Crippen LogP contribution in [0.4, 0.5) is 5.82 Å². The molecule has 26 heavy (non-hydrogen) atoms. The largest absolute Gasteiger partial charge is 0.392 e. The molecule has 1 aromatic carbocycles. The minimum Gasteiger partial charge on any atom is -0.392 e. The smallest absolute Gasteiger partial charge is 0.222 e. The lowest BCUT2D eigenvalue weighted by Crippen LogP contribution is -2.54. The summed E-state index contributed by atoms with van der Waals surface area (Å²) in [6, 6.07) is 10.1. The number of aromatic nitrogens is 1. The Bertz CT molecular complexity index is 822. The first-order valence-electron chi connectivity index (χ1n) is 9.66. The fourth-order valence-electron chi connectivity index (χ4n) is 4.65. The number of para-hydroxylation sites is 1. The normalized spacial score (nSPS) is 23.8. The van der Waals surface area contributed by atoms with Crippen molar-refractivity contribution in [2.45, 2.75) is 39.2 Å². The van der Waals surface area contributed by atoms with Gasteiger partial charge < -0.3 is 14.9 Å². The standard InChI is InChI=1S/C21H27N3O2/c1-2-23-14-21(10-8-19(23)26)9-5-11-24(15-21)20-17(13-25)12-16-6-3-4-7-18(16)22-20/h3-4,6-7,12,25H,2,5,8-11,13-15H2,1H3. The van der Waals surface area contributed by atoms with Gasteiger partial charge in [-0.25, -0.2) is 4.98 Å². The number of nitrogens with zero attached hydrogens (tertiary/aromatic N) is 3. The number of benzene rings is 1. The molecule has 138 valence electrons. The van der Waals surface area contributed by atoms with Crippen molar-refractivity contribution in [2.75, 3.05) is 31.1 Å². The zero-order valence-corrected chi connectivity index (χ0v) is 15.4. The Kier molecular flexibility index (Phi) is 4.57. The van der Waals surface area contributed by atoms with E-state index >= 15 is 0 Å². The first-order chi connectivity index (χ1) is 12.6. The van der Waals surface area contributed by atoms with Gasteiger partial charge in [-0.2, -0.15) is 0 Å². The third-order valence-electron chi connectivity index (χ3n) is 6.04. The molecule has 1 atom stereocenters. The van der Waals surface area contributed by atoms with E-state index in [0.717, 1.165) is 67.7 Å². The molecule has 5 heteroatoms. The number of carbonyl (C=O) groups excluding carboxylic acids is 1. The monoisotopic (exact) mass is 353 g/mol. The fourth-order valence-corrected chi connectivity index (χ4v) is 4.65. The van der Waals surface area contributed by atoms with Crippen molar-refractivity contribution in [3.8, 4) is 0 Å². The van der Waals surface area contributed by atoms with E-state index in [1.807, 2.05) is 29.2 Å². The van der Waals surface area contributed by atoms with E-state index in [1.54, 1.807) is 0 Å². The number of piperidine rings is 2. The van der Waals surface area contributed by atoms with Crippen LogP contribution in [0.3, 0.4) is 0 Å². The van der Waals surface area contributed by atoms with Gasteiger partial charge in [-0.1, -0.05) is 18.2 Å². The Labute approximate surface area is 154 Å². The van der Waals surface area contributed by atoms with Gasteiger partial charge in [-0.15, -0.1) is 0 Å². The number of pyridine rings is 1. The zero-order chi connectivity index (χ0) is 18.1. The number of amides is 1. The topological polar surface area (TPSA) is 56.7 Å². The summed E-state index contributed by atoms with van der Waals surface area (Å²) in [6.07, 6.45) is 3.88. The van der Waals surface area contributed by atoms with Crippen LogP contribution in [0, 0.1) is 5.41 Å². The lowest BCUT2D eigenvalue weighted by atomic mass is 9.73. The summed E-state index contributed by atoms with van der Waals surface area (Å²) in [5.74, 6) is 1.19. The SMILES string of the molecule is CCN1CC2(CCCN(c3nc4ccccc4cc3CO)C2)CCC1=O. The van der Waals surface area contributed by atoms with Crippen LogP contribution in [-0.2, 0) is 11.4 Å². The summed E-state index contributed by atoms with van der Waals surface area (Å²) in [5.41, 5.74) is 2.01. The summed E-state index contributed by atoms with van der Waals surface area (Å²) < 4.78 is 0. The molecular formula is C21H27N3O2. The molecule has 2 aliphatic rings. The van der Waals surface area contributed by atoms with E-state index in [2.05, 4.69) is 17.9 Å². The molecule has 0 saturated carbocycles. The molecule has 1 N–H and O–H groups in total. The minimum atomic E-state index is -0.00373. The second-order valence-electron chi connectivity index (χ2n) is 7.75. The number of anilines is 1. The summed E-state index contributed by atoms with van der Waals surface area (Å²) >= 11 is 0. The van der Waals surface area contributed by atoms with Crippen LogP contribution in [-0.4, -0.2) is 47.1 Å². The third-order valence-corrected chi connectivity index (χ3v) is 6.04. The zero-order valence-electron chi connectivity index (χ0n) is 15.4. The maximum Gasteiger partial charge on any atom is 0.222 e. The number of hydrogen-bond donors (Lipinski definition) is 1. The maximum absolute atomic E-state index is 12.1. The van der Waals surface area contributed by atoms with Gasteiger partial charge in [0.1, 0.15) is 5.82 Å². The Morgan fingerprint density at radius 1 is 1.23 bits per heavy atom. The van der Waals surface area contributed by atoms with Gasteiger partial charge in [0.15, 0.2) is 0 Å². The van der Waals surface area contributed by atoms with Gasteiger partial charge >= 0.3 is 0 Å². The molecule has 1 spiro atoms. The van der Waals surface area contributed by atoms with E-state index in [0.29, 0.717) is 6.42 Å². The maximum atomic E-state index is 12.1. The first-order valence-corrected chi connectivity index (χ1v) is 9.66. The number of rotatable bonds is 3. The highest BCUT2D eigenvalue weighted by Crippen LogP contribution is 2.40. The summed E-state index contributed by atoms with van der Waals surface area (Å²) in [5, 5.41) is 11.0. The molecule has 2 saturated heterocycles. The predicted octanol–water partition coefficient (Wildman–Crippen LogP) is 2.96. The molecule has 0 radical (unpaired) electrons. The lowest BCUT2D eigenvalue weighted by molar-refractivity contribution is -0.137. The van der Waals surface area contributed by atoms with E-state index in [1.165, 1.54) is 0 Å². The highest BCUT2D eigenvalue weighted by molar-refractivity contribution is 5.82. The van der Waals surface area contributed by atoms with Crippen molar-refractivity contribution < 1.29 is 9.90 Å². The molecular weight excluding hydrogens is 326 g/mol. The van der Waals surface area contributed by atoms with Crippen LogP contribution in [0.15, 0.2) is 30.3 Å². The van der Waals surface area contributed by atoms with E-state index in [-0.39, 0.29) is 17.9 Å². The molecule has 4 rings (SSSR count). The first kappa shape index (κ1) is 17.3. The van der Waals surface area contributed by atoms with Gasteiger partial charge in [0.2, 0.25) is 5.91 Å². The number of carbonyl (C=O) groups is 1. The fraction of sp³-hybridized carbons (Fsp3) is 0.524. The summed E-state index contributed by atoms with van der Waals surface area (Å²) in [4.78, 5) is 21.3.